The molecule has 2 aromatic rings. The zero-order valence-electron chi connectivity index (χ0n) is 10.6. The molecule has 0 spiro atoms. The van der Waals surface area contributed by atoms with Crippen LogP contribution in [-0.4, -0.2) is 6.54 Å². The van der Waals surface area contributed by atoms with E-state index in [1.54, 1.807) is 12.1 Å². The molecule has 0 radical (unpaired) electrons. The SMILES string of the molecule is CCNC(Cc1cccc(F)c1)c1ccccc1. The van der Waals surface area contributed by atoms with Gasteiger partial charge in [-0.2, -0.15) is 0 Å². The van der Waals surface area contributed by atoms with Crippen molar-refractivity contribution in [2.45, 2.75) is 19.4 Å². The highest BCUT2D eigenvalue weighted by molar-refractivity contribution is 5.24. The molecule has 0 amide bonds. The number of benzene rings is 2. The predicted octanol–water partition coefficient (Wildman–Crippen LogP) is 3.72. The molecule has 94 valence electrons. The third-order valence-corrected chi connectivity index (χ3v) is 2.98. The Hall–Kier alpha value is -1.67. The Balaban J connectivity index is 2.16. The van der Waals surface area contributed by atoms with E-state index in [9.17, 15) is 4.39 Å². The van der Waals surface area contributed by atoms with Gasteiger partial charge in [0.25, 0.3) is 0 Å². The first-order chi connectivity index (χ1) is 8.79. The summed E-state index contributed by atoms with van der Waals surface area (Å²) in [6.07, 6.45) is 0.801. The summed E-state index contributed by atoms with van der Waals surface area (Å²) in [5.41, 5.74) is 2.26. The Kier molecular flexibility index (Phi) is 4.48. The third-order valence-electron chi connectivity index (χ3n) is 2.98. The molecule has 0 aliphatic carbocycles. The number of rotatable bonds is 5. The molecule has 2 heteroatoms. The van der Waals surface area contributed by atoms with Crippen LogP contribution in [0.4, 0.5) is 4.39 Å². The van der Waals surface area contributed by atoms with Crippen molar-refractivity contribution in [2.24, 2.45) is 0 Å². The van der Waals surface area contributed by atoms with Gasteiger partial charge in [-0.05, 0) is 36.2 Å². The molecule has 0 saturated heterocycles. The Morgan fingerprint density at radius 3 is 2.50 bits per heavy atom. The molecule has 0 bridgehead atoms. The van der Waals surface area contributed by atoms with E-state index in [1.807, 2.05) is 24.3 Å². The van der Waals surface area contributed by atoms with Crippen LogP contribution in [0.2, 0.25) is 0 Å². The lowest BCUT2D eigenvalue weighted by atomic mass is 9.99. The molecule has 18 heavy (non-hydrogen) atoms. The molecule has 0 aromatic heterocycles. The fraction of sp³-hybridized carbons (Fsp3) is 0.250. The van der Waals surface area contributed by atoms with Gasteiger partial charge in [-0.1, -0.05) is 49.4 Å². The van der Waals surface area contributed by atoms with Gasteiger partial charge in [-0.15, -0.1) is 0 Å². The van der Waals surface area contributed by atoms with Crippen molar-refractivity contribution in [3.8, 4) is 0 Å². The van der Waals surface area contributed by atoms with Gasteiger partial charge >= 0.3 is 0 Å². The van der Waals surface area contributed by atoms with E-state index in [0.29, 0.717) is 0 Å². The van der Waals surface area contributed by atoms with Crippen molar-refractivity contribution in [2.75, 3.05) is 6.54 Å². The summed E-state index contributed by atoms with van der Waals surface area (Å²) in [6.45, 7) is 2.98. The van der Waals surface area contributed by atoms with Crippen molar-refractivity contribution in [1.82, 2.24) is 5.32 Å². The van der Waals surface area contributed by atoms with Crippen molar-refractivity contribution in [1.29, 1.82) is 0 Å². The average molecular weight is 243 g/mol. The summed E-state index contributed by atoms with van der Waals surface area (Å²) in [4.78, 5) is 0. The Morgan fingerprint density at radius 2 is 1.83 bits per heavy atom. The van der Waals surface area contributed by atoms with Crippen LogP contribution in [0.1, 0.15) is 24.1 Å². The van der Waals surface area contributed by atoms with E-state index in [1.165, 1.54) is 11.6 Å². The number of nitrogens with one attached hydrogen (secondary N) is 1. The molecule has 1 N–H and O–H groups in total. The standard InChI is InChI=1S/C16H18FN/c1-2-18-16(14-8-4-3-5-9-14)12-13-7-6-10-15(17)11-13/h3-11,16,18H,2,12H2,1H3. The van der Waals surface area contributed by atoms with Crippen molar-refractivity contribution < 1.29 is 4.39 Å². The third kappa shape index (κ3) is 3.41. The Labute approximate surface area is 108 Å². The van der Waals surface area contributed by atoms with E-state index < -0.39 is 0 Å². The van der Waals surface area contributed by atoms with Crippen LogP contribution in [0, 0.1) is 5.82 Å². The monoisotopic (exact) mass is 243 g/mol. The quantitative estimate of drug-likeness (QED) is 0.844. The van der Waals surface area contributed by atoms with Crippen LogP contribution in [0.3, 0.4) is 0 Å². The van der Waals surface area contributed by atoms with E-state index in [-0.39, 0.29) is 11.9 Å². The zero-order valence-corrected chi connectivity index (χ0v) is 10.6. The molecule has 0 fully saturated rings. The van der Waals surface area contributed by atoms with Gasteiger partial charge in [-0.3, -0.25) is 0 Å². The van der Waals surface area contributed by atoms with Crippen molar-refractivity contribution in [3.63, 3.8) is 0 Å². The lowest BCUT2D eigenvalue weighted by Crippen LogP contribution is -2.22. The first-order valence-corrected chi connectivity index (χ1v) is 6.32. The summed E-state index contributed by atoms with van der Waals surface area (Å²) in [5, 5.41) is 3.44. The van der Waals surface area contributed by atoms with Crippen molar-refractivity contribution >= 4 is 0 Å². The number of halogens is 1. The van der Waals surface area contributed by atoms with Crippen LogP contribution in [0.15, 0.2) is 54.6 Å². The largest absolute Gasteiger partial charge is 0.310 e. The highest BCUT2D eigenvalue weighted by atomic mass is 19.1. The lowest BCUT2D eigenvalue weighted by molar-refractivity contribution is 0.547. The molecule has 2 aromatic carbocycles. The van der Waals surface area contributed by atoms with Gasteiger partial charge in [0.15, 0.2) is 0 Å². The van der Waals surface area contributed by atoms with E-state index in [2.05, 4.69) is 24.4 Å². The molecular weight excluding hydrogens is 225 g/mol. The fourth-order valence-electron chi connectivity index (χ4n) is 2.14. The Morgan fingerprint density at radius 1 is 1.06 bits per heavy atom. The molecule has 0 saturated carbocycles. The molecule has 1 atom stereocenters. The first kappa shape index (κ1) is 12.8. The summed E-state index contributed by atoms with van der Waals surface area (Å²) >= 11 is 0. The van der Waals surface area contributed by atoms with Crippen LogP contribution in [0.25, 0.3) is 0 Å². The molecule has 1 nitrogen and oxygen atoms in total. The number of hydrogen-bond acceptors (Lipinski definition) is 1. The van der Waals surface area contributed by atoms with Gasteiger partial charge in [-0.25, -0.2) is 4.39 Å². The maximum Gasteiger partial charge on any atom is 0.123 e. The molecule has 2 rings (SSSR count). The number of hydrogen-bond donors (Lipinski definition) is 1. The molecular formula is C16H18FN. The maximum absolute atomic E-state index is 13.2. The molecule has 0 aliphatic heterocycles. The van der Waals surface area contributed by atoms with E-state index in [4.69, 9.17) is 0 Å². The molecule has 0 aliphatic rings. The first-order valence-electron chi connectivity index (χ1n) is 6.32. The van der Waals surface area contributed by atoms with Gasteiger partial charge in [0.1, 0.15) is 5.82 Å². The predicted molar refractivity (Wildman–Crippen MR) is 73.0 cm³/mol. The highest BCUT2D eigenvalue weighted by Gasteiger charge is 2.10. The lowest BCUT2D eigenvalue weighted by Gasteiger charge is -2.18. The van der Waals surface area contributed by atoms with Crippen molar-refractivity contribution in [3.05, 3.63) is 71.5 Å². The average Bonchev–Trinajstić information content (AvgIpc) is 2.39. The minimum Gasteiger partial charge on any atom is -0.310 e. The van der Waals surface area contributed by atoms with Crippen LogP contribution in [0.5, 0.6) is 0 Å². The second-order valence-electron chi connectivity index (χ2n) is 4.35. The Bertz CT molecular complexity index is 481. The summed E-state index contributed by atoms with van der Waals surface area (Å²) in [7, 11) is 0. The zero-order chi connectivity index (χ0) is 12.8. The topological polar surface area (TPSA) is 12.0 Å². The second kappa shape index (κ2) is 6.31. The summed E-state index contributed by atoms with van der Waals surface area (Å²) in [5.74, 6) is -0.171. The molecule has 1 unspecified atom stereocenters. The van der Waals surface area contributed by atoms with Gasteiger partial charge in [0.05, 0.1) is 0 Å². The summed E-state index contributed by atoms with van der Waals surface area (Å²) in [6, 6.07) is 17.3. The highest BCUT2D eigenvalue weighted by Crippen LogP contribution is 2.18. The second-order valence-corrected chi connectivity index (χ2v) is 4.35. The summed E-state index contributed by atoms with van der Waals surface area (Å²) < 4.78 is 13.2. The fourth-order valence-corrected chi connectivity index (χ4v) is 2.14. The van der Waals surface area contributed by atoms with Gasteiger partial charge in [0.2, 0.25) is 0 Å². The van der Waals surface area contributed by atoms with Crippen LogP contribution < -0.4 is 5.32 Å². The normalized spacial score (nSPS) is 12.3. The van der Waals surface area contributed by atoms with Gasteiger partial charge in [0, 0.05) is 6.04 Å². The smallest absolute Gasteiger partial charge is 0.123 e. The van der Waals surface area contributed by atoms with E-state index >= 15 is 0 Å². The van der Waals surface area contributed by atoms with Crippen LogP contribution in [-0.2, 0) is 6.42 Å². The van der Waals surface area contributed by atoms with Gasteiger partial charge < -0.3 is 5.32 Å². The minimum atomic E-state index is -0.171. The minimum absolute atomic E-state index is 0.171. The van der Waals surface area contributed by atoms with E-state index in [0.717, 1.165) is 18.5 Å². The maximum atomic E-state index is 13.2. The number of likely N-dealkylation sites (N-methyl/N-ethyl adjacent to an activating group) is 1. The molecule has 0 heterocycles. The van der Waals surface area contributed by atoms with Crippen LogP contribution >= 0.6 is 0 Å².